The third-order valence-electron chi connectivity index (χ3n) is 4.08. The highest BCUT2D eigenvalue weighted by Crippen LogP contribution is 2.31. The van der Waals surface area contributed by atoms with Crippen LogP contribution in [0.25, 0.3) is 0 Å². The molecule has 2 unspecified atom stereocenters. The minimum atomic E-state index is 0.490. The Morgan fingerprint density at radius 2 is 2.19 bits per heavy atom. The zero-order valence-electron chi connectivity index (χ0n) is 11.0. The summed E-state index contributed by atoms with van der Waals surface area (Å²) >= 11 is 2.14. The van der Waals surface area contributed by atoms with E-state index in [2.05, 4.69) is 42.7 Å². The van der Waals surface area contributed by atoms with Crippen molar-refractivity contribution in [3.8, 4) is 0 Å². The summed E-state index contributed by atoms with van der Waals surface area (Å²) in [4.78, 5) is 2.67. The van der Waals surface area contributed by atoms with E-state index < -0.39 is 0 Å². The molecule has 2 rings (SSSR count). The molecular formula is C13H26N2S. The molecule has 2 aliphatic heterocycles. The third kappa shape index (κ3) is 3.38. The number of nitrogens with zero attached hydrogens (tertiary/aromatic N) is 1. The Hall–Kier alpha value is 0.270. The molecule has 94 valence electrons. The van der Waals surface area contributed by atoms with Gasteiger partial charge in [-0.2, -0.15) is 11.8 Å². The maximum atomic E-state index is 3.65. The third-order valence-corrected chi connectivity index (χ3v) is 5.45. The first kappa shape index (κ1) is 12.7. The molecule has 0 amide bonds. The molecule has 2 saturated heterocycles. The molecule has 2 aliphatic rings. The number of hydrogen-bond donors (Lipinski definition) is 1. The first-order valence-corrected chi connectivity index (χ1v) is 7.65. The van der Waals surface area contributed by atoms with Crippen LogP contribution in [-0.2, 0) is 0 Å². The van der Waals surface area contributed by atoms with Crippen molar-refractivity contribution >= 4 is 11.8 Å². The van der Waals surface area contributed by atoms with Crippen molar-refractivity contribution in [1.82, 2.24) is 10.2 Å². The SMILES string of the molecule is CC1CCNC1CN1CCSC(C)(C)CC1. The lowest BCUT2D eigenvalue weighted by Crippen LogP contribution is -2.41. The van der Waals surface area contributed by atoms with Gasteiger partial charge in [0.1, 0.15) is 0 Å². The second-order valence-corrected chi connectivity index (χ2v) is 7.79. The van der Waals surface area contributed by atoms with E-state index in [1.165, 1.54) is 44.8 Å². The lowest BCUT2D eigenvalue weighted by molar-refractivity contribution is 0.242. The monoisotopic (exact) mass is 242 g/mol. The molecule has 2 fully saturated rings. The highest BCUT2D eigenvalue weighted by atomic mass is 32.2. The molecule has 2 heterocycles. The Labute approximate surface area is 105 Å². The van der Waals surface area contributed by atoms with Gasteiger partial charge in [-0.25, -0.2) is 0 Å². The van der Waals surface area contributed by atoms with E-state index in [0.717, 1.165) is 12.0 Å². The highest BCUT2D eigenvalue weighted by molar-refractivity contribution is 8.00. The number of hydrogen-bond acceptors (Lipinski definition) is 3. The molecule has 0 spiro atoms. The molecule has 2 nitrogen and oxygen atoms in total. The van der Waals surface area contributed by atoms with E-state index in [-0.39, 0.29) is 0 Å². The Morgan fingerprint density at radius 1 is 1.38 bits per heavy atom. The van der Waals surface area contributed by atoms with Crippen molar-refractivity contribution in [2.24, 2.45) is 5.92 Å². The van der Waals surface area contributed by atoms with Gasteiger partial charge in [0.2, 0.25) is 0 Å². The van der Waals surface area contributed by atoms with E-state index in [4.69, 9.17) is 0 Å². The predicted octanol–water partition coefficient (Wildman–Crippen LogP) is 2.20. The van der Waals surface area contributed by atoms with E-state index >= 15 is 0 Å². The Bertz CT molecular complexity index is 230. The summed E-state index contributed by atoms with van der Waals surface area (Å²) in [6.45, 7) is 12.2. The second-order valence-electron chi connectivity index (χ2n) is 5.99. The van der Waals surface area contributed by atoms with Gasteiger partial charge < -0.3 is 10.2 Å². The van der Waals surface area contributed by atoms with Gasteiger partial charge in [0.25, 0.3) is 0 Å². The van der Waals surface area contributed by atoms with Crippen molar-refractivity contribution in [1.29, 1.82) is 0 Å². The maximum absolute atomic E-state index is 3.65. The van der Waals surface area contributed by atoms with E-state index in [1.54, 1.807) is 0 Å². The number of nitrogens with one attached hydrogen (secondary N) is 1. The molecule has 0 radical (unpaired) electrons. The van der Waals surface area contributed by atoms with Crippen molar-refractivity contribution in [3.05, 3.63) is 0 Å². The van der Waals surface area contributed by atoms with E-state index in [0.29, 0.717) is 4.75 Å². The van der Waals surface area contributed by atoms with Crippen LogP contribution in [-0.4, -0.2) is 47.6 Å². The molecule has 1 N–H and O–H groups in total. The first-order chi connectivity index (χ1) is 7.57. The van der Waals surface area contributed by atoms with Gasteiger partial charge in [0.05, 0.1) is 0 Å². The minimum Gasteiger partial charge on any atom is -0.312 e. The smallest absolute Gasteiger partial charge is 0.0221 e. The van der Waals surface area contributed by atoms with Crippen molar-refractivity contribution in [2.45, 2.75) is 44.4 Å². The van der Waals surface area contributed by atoms with Gasteiger partial charge in [-0.3, -0.25) is 0 Å². The summed E-state index contributed by atoms with van der Waals surface area (Å²) in [5, 5.41) is 3.65. The zero-order chi connectivity index (χ0) is 11.6. The van der Waals surface area contributed by atoms with Crippen LogP contribution in [0.3, 0.4) is 0 Å². The molecule has 0 aromatic heterocycles. The van der Waals surface area contributed by atoms with Crippen LogP contribution in [0.1, 0.15) is 33.6 Å². The lowest BCUT2D eigenvalue weighted by atomic mass is 10.0. The van der Waals surface area contributed by atoms with Gasteiger partial charge in [0, 0.05) is 29.6 Å². The van der Waals surface area contributed by atoms with E-state index in [9.17, 15) is 0 Å². The normalized spacial score (nSPS) is 36.2. The molecule has 0 aliphatic carbocycles. The van der Waals surface area contributed by atoms with Crippen molar-refractivity contribution < 1.29 is 0 Å². The average molecular weight is 242 g/mol. The van der Waals surface area contributed by atoms with Gasteiger partial charge in [-0.05, 0) is 31.8 Å². The fourth-order valence-electron chi connectivity index (χ4n) is 2.67. The summed E-state index contributed by atoms with van der Waals surface area (Å²) in [6.07, 6.45) is 2.69. The Kier molecular flexibility index (Phi) is 4.20. The number of rotatable bonds is 2. The maximum Gasteiger partial charge on any atom is 0.0221 e. The zero-order valence-corrected chi connectivity index (χ0v) is 11.8. The second kappa shape index (κ2) is 5.28. The van der Waals surface area contributed by atoms with Crippen LogP contribution in [0.15, 0.2) is 0 Å². The summed E-state index contributed by atoms with van der Waals surface area (Å²) in [7, 11) is 0. The summed E-state index contributed by atoms with van der Waals surface area (Å²) in [5.41, 5.74) is 0. The van der Waals surface area contributed by atoms with E-state index in [1.807, 2.05) is 0 Å². The van der Waals surface area contributed by atoms with Crippen LogP contribution in [0.5, 0.6) is 0 Å². The molecule has 0 bridgehead atoms. The van der Waals surface area contributed by atoms with Crippen molar-refractivity contribution in [2.75, 3.05) is 31.9 Å². The molecule has 0 aromatic rings. The van der Waals surface area contributed by atoms with Crippen LogP contribution < -0.4 is 5.32 Å². The molecule has 16 heavy (non-hydrogen) atoms. The summed E-state index contributed by atoms with van der Waals surface area (Å²) < 4.78 is 0.490. The number of thioether (sulfide) groups is 1. The standard InChI is InChI=1S/C13H26N2S/c1-11-4-6-14-12(11)10-15-7-5-13(2,3)16-9-8-15/h11-12,14H,4-10H2,1-3H3. The Balaban J connectivity index is 1.81. The van der Waals surface area contributed by atoms with Gasteiger partial charge in [0.15, 0.2) is 0 Å². The predicted molar refractivity (Wildman–Crippen MR) is 73.2 cm³/mol. The Morgan fingerprint density at radius 3 is 2.88 bits per heavy atom. The van der Waals surface area contributed by atoms with Crippen LogP contribution in [0.4, 0.5) is 0 Å². The van der Waals surface area contributed by atoms with Gasteiger partial charge in [-0.15, -0.1) is 0 Å². The van der Waals surface area contributed by atoms with Gasteiger partial charge >= 0.3 is 0 Å². The summed E-state index contributed by atoms with van der Waals surface area (Å²) in [5.74, 6) is 2.16. The molecule has 3 heteroatoms. The van der Waals surface area contributed by atoms with Crippen molar-refractivity contribution in [3.63, 3.8) is 0 Å². The molecule has 2 atom stereocenters. The summed E-state index contributed by atoms with van der Waals surface area (Å²) in [6, 6.07) is 0.742. The minimum absolute atomic E-state index is 0.490. The average Bonchev–Trinajstić information content (AvgIpc) is 2.52. The molecular weight excluding hydrogens is 216 g/mol. The van der Waals surface area contributed by atoms with Crippen LogP contribution in [0, 0.1) is 5.92 Å². The molecule has 0 saturated carbocycles. The van der Waals surface area contributed by atoms with Crippen LogP contribution in [0.2, 0.25) is 0 Å². The fourth-order valence-corrected chi connectivity index (χ4v) is 3.80. The molecule has 0 aromatic carbocycles. The van der Waals surface area contributed by atoms with Gasteiger partial charge in [-0.1, -0.05) is 20.8 Å². The van der Waals surface area contributed by atoms with Crippen LogP contribution >= 0.6 is 11.8 Å². The quantitative estimate of drug-likeness (QED) is 0.799. The fraction of sp³-hybridized carbons (Fsp3) is 1.00. The highest BCUT2D eigenvalue weighted by Gasteiger charge is 2.28. The first-order valence-electron chi connectivity index (χ1n) is 6.66. The lowest BCUT2D eigenvalue weighted by Gasteiger charge is -2.26. The largest absolute Gasteiger partial charge is 0.312 e. The topological polar surface area (TPSA) is 15.3 Å².